The third kappa shape index (κ3) is 9.58. The molecule has 0 aliphatic heterocycles. The minimum absolute atomic E-state index is 0.296. The first-order valence-electron chi connectivity index (χ1n) is 6.56. The van der Waals surface area contributed by atoms with Gasteiger partial charge in [-0.3, -0.25) is 0 Å². The van der Waals surface area contributed by atoms with E-state index in [9.17, 15) is 4.79 Å². The Morgan fingerprint density at radius 3 is 2.61 bits per heavy atom. The van der Waals surface area contributed by atoms with Crippen molar-refractivity contribution in [1.82, 2.24) is 0 Å². The van der Waals surface area contributed by atoms with Gasteiger partial charge < -0.3 is 14.6 Å². The van der Waals surface area contributed by atoms with Gasteiger partial charge in [0.2, 0.25) is 0 Å². The van der Waals surface area contributed by atoms with E-state index in [0.29, 0.717) is 12.2 Å². The number of esters is 1. The van der Waals surface area contributed by atoms with Crippen LogP contribution in [0.15, 0.2) is 12.2 Å². The molecule has 0 bridgehead atoms. The second-order valence-electron chi connectivity index (χ2n) is 5.12. The van der Waals surface area contributed by atoms with Crippen LogP contribution in [0.25, 0.3) is 0 Å². The van der Waals surface area contributed by atoms with Crippen LogP contribution < -0.4 is 5.73 Å². The molecule has 0 saturated carbocycles. The lowest BCUT2D eigenvalue weighted by molar-refractivity contribution is -0.138. The number of ether oxygens (including phenoxy) is 1. The molecule has 106 valence electrons. The Morgan fingerprint density at radius 2 is 2.06 bits per heavy atom. The molecule has 0 amide bonds. The molecule has 0 aliphatic rings. The van der Waals surface area contributed by atoms with E-state index in [2.05, 4.69) is 19.7 Å². The minimum atomic E-state index is -1.46. The van der Waals surface area contributed by atoms with Gasteiger partial charge in [0, 0.05) is 5.57 Å². The van der Waals surface area contributed by atoms with Crippen LogP contribution in [0.5, 0.6) is 0 Å². The van der Waals surface area contributed by atoms with Crippen LogP contribution >= 0.6 is 0 Å². The molecule has 0 radical (unpaired) electrons. The predicted octanol–water partition coefficient (Wildman–Crippen LogP) is 1.57. The van der Waals surface area contributed by atoms with Gasteiger partial charge >= 0.3 is 5.97 Å². The largest absolute Gasteiger partial charge is 0.462 e. The lowest BCUT2D eigenvalue weighted by Crippen LogP contribution is -2.32. The quantitative estimate of drug-likeness (QED) is 0.287. The molecular weight excluding hydrogens is 262 g/mol. The molecule has 6 heteroatoms. The van der Waals surface area contributed by atoms with Crippen molar-refractivity contribution in [1.29, 1.82) is 0 Å². The molecule has 0 spiro atoms. The normalized spacial score (nSPS) is 12.0. The van der Waals surface area contributed by atoms with Crippen molar-refractivity contribution in [3.05, 3.63) is 12.2 Å². The van der Waals surface area contributed by atoms with Crippen LogP contribution in [0.4, 0.5) is 0 Å². The van der Waals surface area contributed by atoms with Crippen LogP contribution in [0.2, 0.25) is 25.2 Å². The van der Waals surface area contributed by atoms with E-state index in [1.54, 1.807) is 6.92 Å². The zero-order valence-electron chi connectivity index (χ0n) is 12.0. The van der Waals surface area contributed by atoms with Crippen LogP contribution in [0.1, 0.15) is 19.8 Å². The molecule has 18 heavy (non-hydrogen) atoms. The summed E-state index contributed by atoms with van der Waals surface area (Å²) < 4.78 is 11.1. The van der Waals surface area contributed by atoms with Gasteiger partial charge in [-0.2, -0.15) is 0 Å². The molecule has 0 rings (SSSR count). The van der Waals surface area contributed by atoms with Crippen molar-refractivity contribution < 1.29 is 13.6 Å². The van der Waals surface area contributed by atoms with Crippen molar-refractivity contribution in [2.45, 2.75) is 44.9 Å². The number of nitrogens with two attached hydrogens (primary N) is 1. The first-order valence-corrected chi connectivity index (χ1v) is 11.2. The Bertz CT molecular complexity index is 270. The minimum Gasteiger partial charge on any atom is -0.462 e. The van der Waals surface area contributed by atoms with Crippen molar-refractivity contribution in [3.8, 4) is 0 Å². The molecule has 0 unspecified atom stereocenters. The van der Waals surface area contributed by atoms with Crippen molar-refractivity contribution in [3.63, 3.8) is 0 Å². The zero-order valence-corrected chi connectivity index (χ0v) is 14.4. The zero-order chi connectivity index (χ0) is 14.0. The van der Waals surface area contributed by atoms with Gasteiger partial charge in [-0.25, -0.2) is 4.79 Å². The van der Waals surface area contributed by atoms with Crippen molar-refractivity contribution in [2.24, 2.45) is 5.73 Å². The van der Waals surface area contributed by atoms with Gasteiger partial charge in [0.05, 0.1) is 6.61 Å². The maximum atomic E-state index is 11.1. The summed E-state index contributed by atoms with van der Waals surface area (Å²) in [5.74, 6) is -0.296. The first kappa shape index (κ1) is 17.6. The molecular formula is C12H27NO3Si2. The molecule has 0 aromatic heterocycles. The van der Waals surface area contributed by atoms with Gasteiger partial charge in [-0.15, -0.1) is 0 Å². The Hall–Kier alpha value is -0.436. The molecule has 2 N–H and O–H groups in total. The van der Waals surface area contributed by atoms with Crippen LogP contribution in [0, 0.1) is 0 Å². The van der Waals surface area contributed by atoms with Gasteiger partial charge in [0.1, 0.15) is 9.76 Å². The van der Waals surface area contributed by atoms with E-state index < -0.39 is 18.1 Å². The van der Waals surface area contributed by atoms with Crippen LogP contribution in [-0.4, -0.2) is 37.2 Å². The van der Waals surface area contributed by atoms with Gasteiger partial charge in [-0.1, -0.05) is 6.58 Å². The Balaban J connectivity index is 3.50. The van der Waals surface area contributed by atoms with Crippen LogP contribution in [-0.2, 0) is 13.6 Å². The SMILES string of the molecule is C=C(C)C(=O)OCCC[SiH2]O[Si](C)(C)CCCN. The summed E-state index contributed by atoms with van der Waals surface area (Å²) in [5, 5.41) is 0. The molecule has 0 atom stereocenters. The number of hydrogen-bond donors (Lipinski definition) is 1. The summed E-state index contributed by atoms with van der Waals surface area (Å²) in [5.41, 5.74) is 5.96. The van der Waals surface area contributed by atoms with E-state index in [1.165, 1.54) is 0 Å². The van der Waals surface area contributed by atoms with Crippen LogP contribution in [0.3, 0.4) is 0 Å². The summed E-state index contributed by atoms with van der Waals surface area (Å²) >= 11 is 0. The van der Waals surface area contributed by atoms with Gasteiger partial charge in [0.15, 0.2) is 8.32 Å². The van der Waals surface area contributed by atoms with Crippen molar-refractivity contribution in [2.75, 3.05) is 13.2 Å². The fourth-order valence-corrected chi connectivity index (χ4v) is 6.27. The highest BCUT2D eigenvalue weighted by Gasteiger charge is 2.20. The third-order valence-corrected chi connectivity index (χ3v) is 8.88. The second-order valence-corrected chi connectivity index (χ2v) is 11.4. The summed E-state index contributed by atoms with van der Waals surface area (Å²) in [6.07, 6.45) is 1.95. The average molecular weight is 290 g/mol. The molecule has 4 nitrogen and oxygen atoms in total. The predicted molar refractivity (Wildman–Crippen MR) is 80.8 cm³/mol. The molecule has 0 aromatic carbocycles. The van der Waals surface area contributed by atoms with E-state index in [0.717, 1.165) is 31.5 Å². The highest BCUT2D eigenvalue weighted by molar-refractivity contribution is 6.75. The molecule has 0 heterocycles. The van der Waals surface area contributed by atoms with Gasteiger partial charge in [0.25, 0.3) is 0 Å². The van der Waals surface area contributed by atoms with E-state index >= 15 is 0 Å². The monoisotopic (exact) mass is 289 g/mol. The standard InChI is InChI=1S/C12H27NO3Si2/c1-11(2)12(14)15-8-6-9-17-16-18(3,4)10-5-7-13/h1,5-10,13,17H2,2-4H3. The lowest BCUT2D eigenvalue weighted by atomic mass is 10.4. The van der Waals surface area contributed by atoms with Crippen molar-refractivity contribution >= 4 is 24.0 Å². The van der Waals surface area contributed by atoms with E-state index in [1.807, 2.05) is 0 Å². The first-order chi connectivity index (χ1) is 8.39. The summed E-state index contributed by atoms with van der Waals surface area (Å²) in [7, 11) is -1.94. The fraction of sp³-hybridized carbons (Fsp3) is 0.750. The smallest absolute Gasteiger partial charge is 0.333 e. The van der Waals surface area contributed by atoms with E-state index in [-0.39, 0.29) is 5.97 Å². The third-order valence-electron chi connectivity index (χ3n) is 2.60. The second kappa shape index (κ2) is 9.49. The highest BCUT2D eigenvalue weighted by Crippen LogP contribution is 2.13. The Kier molecular flexibility index (Phi) is 9.26. The maximum absolute atomic E-state index is 11.1. The summed E-state index contributed by atoms with van der Waals surface area (Å²) in [6.45, 7) is 10.9. The molecule has 0 aliphatic carbocycles. The number of carbonyl (C=O) groups excluding carboxylic acids is 1. The van der Waals surface area contributed by atoms with Gasteiger partial charge in [-0.05, 0) is 51.5 Å². The Labute approximate surface area is 114 Å². The fourth-order valence-electron chi connectivity index (χ4n) is 1.44. The number of rotatable bonds is 10. The lowest BCUT2D eigenvalue weighted by Gasteiger charge is -2.23. The maximum Gasteiger partial charge on any atom is 0.333 e. The highest BCUT2D eigenvalue weighted by atomic mass is 28.4. The number of hydrogen-bond acceptors (Lipinski definition) is 4. The number of carbonyl (C=O) groups is 1. The summed E-state index contributed by atoms with van der Waals surface area (Å²) in [4.78, 5) is 11.1. The molecule has 0 saturated heterocycles. The van der Waals surface area contributed by atoms with E-state index in [4.69, 9.17) is 14.6 Å². The summed E-state index contributed by atoms with van der Waals surface area (Å²) in [6, 6.07) is 2.20. The Morgan fingerprint density at radius 1 is 1.39 bits per heavy atom. The molecule has 0 fully saturated rings. The molecule has 0 aromatic rings. The average Bonchev–Trinajstić information content (AvgIpc) is 2.30. The topological polar surface area (TPSA) is 61.5 Å².